The van der Waals surface area contributed by atoms with Crippen molar-refractivity contribution < 1.29 is 9.53 Å². The third-order valence-corrected chi connectivity index (χ3v) is 3.36. The van der Waals surface area contributed by atoms with Crippen molar-refractivity contribution in [1.82, 2.24) is 4.90 Å². The Kier molecular flexibility index (Phi) is 7.21. The minimum atomic E-state index is -0.0585. The van der Waals surface area contributed by atoms with Gasteiger partial charge in [0.2, 0.25) is 0 Å². The van der Waals surface area contributed by atoms with Crippen LogP contribution in [0.25, 0.3) is 0 Å². The molecule has 1 heterocycles. The first-order valence-corrected chi connectivity index (χ1v) is 6.84. The molecule has 2 N–H and O–H groups in total. The van der Waals surface area contributed by atoms with Gasteiger partial charge in [0.15, 0.2) is 0 Å². The van der Waals surface area contributed by atoms with Gasteiger partial charge >= 0.3 is 5.97 Å². The summed E-state index contributed by atoms with van der Waals surface area (Å²) in [5.41, 5.74) is 5.66. The molecule has 0 aromatic carbocycles. The van der Waals surface area contributed by atoms with Crippen LogP contribution in [0.1, 0.15) is 39.0 Å². The fraction of sp³-hybridized carbons (Fsp3) is 0.923. The van der Waals surface area contributed by atoms with E-state index in [9.17, 15) is 4.79 Å². The Hall–Kier alpha value is -0.610. The summed E-state index contributed by atoms with van der Waals surface area (Å²) >= 11 is 0. The van der Waals surface area contributed by atoms with E-state index >= 15 is 0 Å². The van der Waals surface area contributed by atoms with Crippen molar-refractivity contribution >= 4 is 5.97 Å². The van der Waals surface area contributed by atoms with Crippen molar-refractivity contribution in [2.45, 2.75) is 39.0 Å². The number of nitrogens with two attached hydrogens (primary N) is 1. The average molecular weight is 242 g/mol. The van der Waals surface area contributed by atoms with Crippen molar-refractivity contribution in [2.75, 3.05) is 32.8 Å². The van der Waals surface area contributed by atoms with Gasteiger partial charge in [-0.15, -0.1) is 0 Å². The molecule has 4 nitrogen and oxygen atoms in total. The number of carbonyl (C=O) groups is 1. The number of hydrogen-bond donors (Lipinski definition) is 1. The lowest BCUT2D eigenvalue weighted by Gasteiger charge is -2.15. The monoisotopic (exact) mass is 242 g/mol. The molecule has 4 heteroatoms. The van der Waals surface area contributed by atoms with Gasteiger partial charge in [-0.2, -0.15) is 0 Å². The Morgan fingerprint density at radius 2 is 2.24 bits per heavy atom. The lowest BCUT2D eigenvalue weighted by molar-refractivity contribution is -0.143. The highest BCUT2D eigenvalue weighted by molar-refractivity contribution is 5.69. The maximum absolute atomic E-state index is 11.1. The maximum atomic E-state index is 11.1. The molecule has 0 aromatic rings. The topological polar surface area (TPSA) is 55.6 Å². The highest BCUT2D eigenvalue weighted by Gasteiger charge is 2.20. The fourth-order valence-corrected chi connectivity index (χ4v) is 2.32. The second kappa shape index (κ2) is 8.48. The van der Waals surface area contributed by atoms with Gasteiger partial charge in [-0.05, 0) is 51.7 Å². The molecule has 0 aliphatic carbocycles. The molecule has 1 aliphatic rings. The van der Waals surface area contributed by atoms with E-state index in [1.165, 1.54) is 19.4 Å². The molecule has 100 valence electrons. The summed E-state index contributed by atoms with van der Waals surface area (Å²) in [5, 5.41) is 0. The molecule has 1 aliphatic heterocycles. The number of rotatable bonds is 8. The number of unbranched alkanes of at least 4 members (excludes halogenated alkanes) is 2. The number of nitrogens with zero attached hydrogens (tertiary/aromatic N) is 1. The first kappa shape index (κ1) is 14.5. The quantitative estimate of drug-likeness (QED) is 0.516. The third-order valence-electron chi connectivity index (χ3n) is 3.36. The smallest absolute Gasteiger partial charge is 0.305 e. The van der Waals surface area contributed by atoms with Crippen LogP contribution in [0.3, 0.4) is 0 Å². The van der Waals surface area contributed by atoms with Crippen molar-refractivity contribution in [3.05, 3.63) is 0 Å². The van der Waals surface area contributed by atoms with Gasteiger partial charge in [-0.25, -0.2) is 0 Å². The zero-order chi connectivity index (χ0) is 12.5. The van der Waals surface area contributed by atoms with Crippen LogP contribution in [0.2, 0.25) is 0 Å². The summed E-state index contributed by atoms with van der Waals surface area (Å²) in [4.78, 5) is 13.6. The Balaban J connectivity index is 1.92. The van der Waals surface area contributed by atoms with Crippen LogP contribution >= 0.6 is 0 Å². The van der Waals surface area contributed by atoms with Crippen molar-refractivity contribution in [3.63, 3.8) is 0 Å². The van der Waals surface area contributed by atoms with E-state index < -0.39 is 0 Å². The van der Waals surface area contributed by atoms with E-state index in [0.29, 0.717) is 18.9 Å². The lowest BCUT2D eigenvalue weighted by Crippen LogP contribution is -2.24. The Labute approximate surface area is 104 Å². The Morgan fingerprint density at radius 1 is 1.41 bits per heavy atom. The molecule has 1 saturated heterocycles. The van der Waals surface area contributed by atoms with E-state index in [2.05, 4.69) is 4.90 Å². The van der Waals surface area contributed by atoms with Crippen LogP contribution in [-0.2, 0) is 9.53 Å². The first-order chi connectivity index (χ1) is 8.26. The van der Waals surface area contributed by atoms with Gasteiger partial charge in [0, 0.05) is 13.0 Å². The van der Waals surface area contributed by atoms with Crippen molar-refractivity contribution in [1.29, 1.82) is 0 Å². The van der Waals surface area contributed by atoms with Gasteiger partial charge < -0.3 is 15.4 Å². The van der Waals surface area contributed by atoms with Crippen LogP contribution in [0, 0.1) is 5.92 Å². The number of carbonyl (C=O) groups excluding carboxylic acids is 1. The zero-order valence-electron chi connectivity index (χ0n) is 11.0. The molecule has 0 radical (unpaired) electrons. The van der Waals surface area contributed by atoms with Gasteiger partial charge in [-0.3, -0.25) is 4.79 Å². The largest absolute Gasteiger partial charge is 0.466 e. The average Bonchev–Trinajstić information content (AvgIpc) is 2.77. The van der Waals surface area contributed by atoms with E-state index in [1.54, 1.807) is 0 Å². The van der Waals surface area contributed by atoms with Crippen LogP contribution in [0.4, 0.5) is 0 Å². The number of ether oxygens (including phenoxy) is 1. The summed E-state index contributed by atoms with van der Waals surface area (Å²) < 4.78 is 4.89. The van der Waals surface area contributed by atoms with Gasteiger partial charge in [0.25, 0.3) is 0 Å². The van der Waals surface area contributed by atoms with E-state index in [4.69, 9.17) is 10.5 Å². The molecule has 0 aromatic heterocycles. The number of hydrogen-bond acceptors (Lipinski definition) is 4. The minimum Gasteiger partial charge on any atom is -0.466 e. The highest BCUT2D eigenvalue weighted by atomic mass is 16.5. The summed E-state index contributed by atoms with van der Waals surface area (Å²) in [5.74, 6) is 0.645. The van der Waals surface area contributed by atoms with Crippen LogP contribution in [0.15, 0.2) is 0 Å². The molecule has 1 unspecified atom stereocenters. The Morgan fingerprint density at radius 3 is 2.88 bits per heavy atom. The Bertz CT molecular complexity index is 221. The minimum absolute atomic E-state index is 0.0585. The molecule has 1 fully saturated rings. The molecule has 0 bridgehead atoms. The first-order valence-electron chi connectivity index (χ1n) is 6.84. The van der Waals surface area contributed by atoms with Gasteiger partial charge in [0.05, 0.1) is 6.61 Å². The molecule has 0 saturated carbocycles. The standard InChI is InChI=1S/C13H26N2O2/c1-2-17-13(16)6-4-3-5-8-15-9-7-12(10-14)11-15/h12H,2-11,14H2,1H3. The summed E-state index contributed by atoms with van der Waals surface area (Å²) in [6.07, 6.45) is 5.06. The van der Waals surface area contributed by atoms with Crippen molar-refractivity contribution in [2.24, 2.45) is 11.7 Å². The zero-order valence-corrected chi connectivity index (χ0v) is 11.0. The predicted molar refractivity (Wildman–Crippen MR) is 68.7 cm³/mol. The normalized spacial score (nSPS) is 20.7. The predicted octanol–water partition coefficient (Wildman–Crippen LogP) is 1.39. The van der Waals surface area contributed by atoms with Crippen LogP contribution < -0.4 is 5.73 Å². The summed E-state index contributed by atoms with van der Waals surface area (Å²) in [6.45, 7) is 6.67. The molecular formula is C13H26N2O2. The third kappa shape index (κ3) is 6.03. The molecule has 17 heavy (non-hydrogen) atoms. The summed E-state index contributed by atoms with van der Waals surface area (Å²) in [7, 11) is 0. The molecule has 1 rings (SSSR count). The van der Waals surface area contributed by atoms with E-state index in [-0.39, 0.29) is 5.97 Å². The maximum Gasteiger partial charge on any atom is 0.305 e. The van der Waals surface area contributed by atoms with E-state index in [1.807, 2.05) is 6.92 Å². The van der Waals surface area contributed by atoms with Gasteiger partial charge in [0.1, 0.15) is 0 Å². The van der Waals surface area contributed by atoms with Crippen LogP contribution in [-0.4, -0.2) is 43.7 Å². The molecule has 1 atom stereocenters. The van der Waals surface area contributed by atoms with E-state index in [0.717, 1.165) is 32.5 Å². The second-order valence-corrected chi connectivity index (χ2v) is 4.81. The molecular weight excluding hydrogens is 216 g/mol. The lowest BCUT2D eigenvalue weighted by atomic mass is 10.1. The number of likely N-dealkylation sites (tertiary alicyclic amines) is 1. The second-order valence-electron chi connectivity index (χ2n) is 4.81. The molecule has 0 amide bonds. The molecule has 0 spiro atoms. The van der Waals surface area contributed by atoms with Crippen LogP contribution in [0.5, 0.6) is 0 Å². The summed E-state index contributed by atoms with van der Waals surface area (Å²) in [6, 6.07) is 0. The van der Waals surface area contributed by atoms with Gasteiger partial charge in [-0.1, -0.05) is 6.42 Å². The van der Waals surface area contributed by atoms with Crippen molar-refractivity contribution in [3.8, 4) is 0 Å². The fourth-order valence-electron chi connectivity index (χ4n) is 2.32. The number of esters is 1. The highest BCUT2D eigenvalue weighted by Crippen LogP contribution is 2.15. The SMILES string of the molecule is CCOC(=O)CCCCCN1CCC(CN)C1.